The molecule has 2 aromatic rings. The fourth-order valence-electron chi connectivity index (χ4n) is 2.51. The Morgan fingerprint density at radius 2 is 1.96 bits per heavy atom. The summed E-state index contributed by atoms with van der Waals surface area (Å²) in [6.45, 7) is 0.218. The van der Waals surface area contributed by atoms with Crippen molar-refractivity contribution in [3.05, 3.63) is 68.8 Å². The van der Waals surface area contributed by atoms with Crippen molar-refractivity contribution in [2.24, 2.45) is 0 Å². The van der Waals surface area contributed by atoms with E-state index in [1.165, 1.54) is 12.0 Å². The number of nitrogens with zero attached hydrogens (tertiary/aromatic N) is 1. The molecule has 1 heterocycles. The second-order valence-corrected chi connectivity index (χ2v) is 6.64. The minimum atomic E-state index is -0.446. The number of carbonyl (C=O) groups is 2. The minimum Gasteiger partial charge on any atom is -0.494 e. The van der Waals surface area contributed by atoms with Gasteiger partial charge in [0.25, 0.3) is 5.91 Å². The van der Waals surface area contributed by atoms with Crippen LogP contribution in [0.15, 0.2) is 52.6 Å². The normalized spacial score (nSPS) is 15.6. The summed E-state index contributed by atoms with van der Waals surface area (Å²) in [5.41, 5.74) is 1.75. The monoisotopic (exact) mass is 420 g/mol. The number of benzene rings is 2. The standard InChI is InChI=1S/C18H14BrClN2O3/c1-25-16-13(19)7-12(8-14(16)20)9-15-17(23)22(18(24)21-15)10-11-5-3-2-4-6-11/h2-9H,10H2,1H3,(H,21,24)/b15-9-. The number of imide groups is 1. The van der Waals surface area contributed by atoms with E-state index >= 15 is 0 Å². The third-order valence-corrected chi connectivity index (χ3v) is 4.55. The molecule has 25 heavy (non-hydrogen) atoms. The van der Waals surface area contributed by atoms with Crippen LogP contribution in [0, 0.1) is 0 Å². The lowest BCUT2D eigenvalue weighted by atomic mass is 10.1. The molecule has 0 saturated carbocycles. The Morgan fingerprint density at radius 1 is 1.24 bits per heavy atom. The summed E-state index contributed by atoms with van der Waals surface area (Å²) >= 11 is 9.52. The number of ether oxygens (including phenoxy) is 1. The van der Waals surface area contributed by atoms with Crippen LogP contribution in [0.3, 0.4) is 0 Å². The SMILES string of the molecule is COc1c(Cl)cc(/C=C2\NC(=O)N(Cc3ccccc3)C2=O)cc1Br. The van der Waals surface area contributed by atoms with Crippen molar-refractivity contribution >= 4 is 45.5 Å². The fraction of sp³-hybridized carbons (Fsp3) is 0.111. The Bertz CT molecular complexity index is 845. The van der Waals surface area contributed by atoms with E-state index in [4.69, 9.17) is 16.3 Å². The lowest BCUT2D eigenvalue weighted by Crippen LogP contribution is -2.30. The van der Waals surface area contributed by atoms with E-state index in [-0.39, 0.29) is 18.1 Å². The first-order chi connectivity index (χ1) is 12.0. The highest BCUT2D eigenvalue weighted by atomic mass is 79.9. The van der Waals surface area contributed by atoms with Gasteiger partial charge in [-0.3, -0.25) is 9.69 Å². The number of hydrogen-bond donors (Lipinski definition) is 1. The molecule has 0 atom stereocenters. The largest absolute Gasteiger partial charge is 0.494 e. The molecule has 0 bridgehead atoms. The molecule has 3 amide bonds. The molecule has 1 aliphatic rings. The molecule has 128 valence electrons. The summed E-state index contributed by atoms with van der Waals surface area (Å²) in [7, 11) is 1.52. The summed E-state index contributed by atoms with van der Waals surface area (Å²) in [6.07, 6.45) is 1.58. The van der Waals surface area contributed by atoms with Gasteiger partial charge in [0.15, 0.2) is 5.75 Å². The van der Waals surface area contributed by atoms with Gasteiger partial charge in [-0.15, -0.1) is 0 Å². The second kappa shape index (κ2) is 7.29. The van der Waals surface area contributed by atoms with E-state index in [0.717, 1.165) is 5.56 Å². The Hall–Kier alpha value is -2.31. The van der Waals surface area contributed by atoms with E-state index in [1.807, 2.05) is 30.3 Å². The van der Waals surface area contributed by atoms with Crippen molar-refractivity contribution in [3.8, 4) is 5.75 Å². The topological polar surface area (TPSA) is 58.6 Å². The number of hydrogen-bond acceptors (Lipinski definition) is 3. The molecule has 1 fully saturated rings. The minimum absolute atomic E-state index is 0.203. The summed E-state index contributed by atoms with van der Waals surface area (Å²) < 4.78 is 5.84. The Morgan fingerprint density at radius 3 is 2.60 bits per heavy atom. The summed E-state index contributed by atoms with van der Waals surface area (Å²) in [5.74, 6) is 0.133. The zero-order chi connectivity index (χ0) is 18.0. The van der Waals surface area contributed by atoms with Crippen molar-refractivity contribution in [1.29, 1.82) is 0 Å². The van der Waals surface area contributed by atoms with Crippen LogP contribution in [0.5, 0.6) is 5.75 Å². The van der Waals surface area contributed by atoms with Gasteiger partial charge < -0.3 is 10.1 Å². The van der Waals surface area contributed by atoms with Gasteiger partial charge in [0, 0.05) is 0 Å². The number of carbonyl (C=O) groups excluding carboxylic acids is 2. The van der Waals surface area contributed by atoms with Crippen LogP contribution in [0.1, 0.15) is 11.1 Å². The molecule has 0 aliphatic carbocycles. The third-order valence-electron chi connectivity index (χ3n) is 3.68. The molecule has 0 unspecified atom stereocenters. The highest BCUT2D eigenvalue weighted by Crippen LogP contribution is 2.34. The van der Waals surface area contributed by atoms with Crippen LogP contribution in [0.25, 0.3) is 6.08 Å². The Labute approximate surface area is 158 Å². The average molecular weight is 422 g/mol. The fourth-order valence-corrected chi connectivity index (χ4v) is 3.56. The van der Waals surface area contributed by atoms with Crippen LogP contribution in [0.4, 0.5) is 4.79 Å². The molecule has 3 rings (SSSR count). The number of urea groups is 1. The maximum Gasteiger partial charge on any atom is 0.329 e. The van der Waals surface area contributed by atoms with Crippen LogP contribution in [0.2, 0.25) is 5.02 Å². The quantitative estimate of drug-likeness (QED) is 0.594. The van der Waals surface area contributed by atoms with E-state index in [2.05, 4.69) is 21.2 Å². The first-order valence-corrected chi connectivity index (χ1v) is 8.58. The molecule has 0 aromatic heterocycles. The summed E-state index contributed by atoms with van der Waals surface area (Å²) in [4.78, 5) is 25.8. The highest BCUT2D eigenvalue weighted by molar-refractivity contribution is 9.10. The van der Waals surface area contributed by atoms with Crippen molar-refractivity contribution in [2.45, 2.75) is 6.54 Å². The summed E-state index contributed by atoms with van der Waals surface area (Å²) in [6, 6.07) is 12.3. The van der Waals surface area contributed by atoms with Gasteiger partial charge >= 0.3 is 6.03 Å². The van der Waals surface area contributed by atoms with E-state index in [1.54, 1.807) is 18.2 Å². The van der Waals surface area contributed by atoms with Gasteiger partial charge in [-0.1, -0.05) is 41.9 Å². The molecule has 7 heteroatoms. The number of amides is 3. The van der Waals surface area contributed by atoms with E-state index < -0.39 is 6.03 Å². The Balaban J connectivity index is 1.85. The summed E-state index contributed by atoms with van der Waals surface area (Å²) in [5, 5.41) is 3.00. The molecule has 0 spiro atoms. The lowest BCUT2D eigenvalue weighted by Gasteiger charge is -2.11. The van der Waals surface area contributed by atoms with Crippen molar-refractivity contribution in [2.75, 3.05) is 7.11 Å². The molecule has 2 aromatic carbocycles. The number of halogens is 2. The van der Waals surface area contributed by atoms with Crippen LogP contribution in [-0.2, 0) is 11.3 Å². The molecule has 1 N–H and O–H groups in total. The van der Waals surface area contributed by atoms with Crippen molar-refractivity contribution in [1.82, 2.24) is 10.2 Å². The van der Waals surface area contributed by atoms with Crippen LogP contribution in [-0.4, -0.2) is 23.9 Å². The predicted molar refractivity (Wildman–Crippen MR) is 99.2 cm³/mol. The van der Waals surface area contributed by atoms with E-state index in [9.17, 15) is 9.59 Å². The van der Waals surface area contributed by atoms with Crippen LogP contribution < -0.4 is 10.1 Å². The molecular formula is C18H14BrClN2O3. The maximum absolute atomic E-state index is 12.5. The number of methoxy groups -OCH3 is 1. The van der Waals surface area contributed by atoms with Crippen molar-refractivity contribution in [3.63, 3.8) is 0 Å². The average Bonchev–Trinajstić information content (AvgIpc) is 2.83. The third kappa shape index (κ3) is 3.70. The zero-order valence-corrected chi connectivity index (χ0v) is 15.6. The first-order valence-electron chi connectivity index (χ1n) is 7.41. The van der Waals surface area contributed by atoms with Gasteiger partial charge in [-0.05, 0) is 45.3 Å². The maximum atomic E-state index is 12.5. The van der Waals surface area contributed by atoms with E-state index in [0.29, 0.717) is 20.8 Å². The van der Waals surface area contributed by atoms with Gasteiger partial charge in [0.05, 0.1) is 23.1 Å². The number of rotatable bonds is 4. The molecule has 1 aliphatic heterocycles. The molecule has 0 radical (unpaired) electrons. The zero-order valence-electron chi connectivity index (χ0n) is 13.3. The predicted octanol–water partition coefficient (Wildman–Crippen LogP) is 4.20. The molecule has 1 saturated heterocycles. The molecular weight excluding hydrogens is 408 g/mol. The first kappa shape index (κ1) is 17.5. The van der Waals surface area contributed by atoms with Gasteiger partial charge in [-0.25, -0.2) is 4.79 Å². The smallest absolute Gasteiger partial charge is 0.329 e. The van der Waals surface area contributed by atoms with Gasteiger partial charge in [0.1, 0.15) is 5.70 Å². The van der Waals surface area contributed by atoms with Gasteiger partial charge in [0.2, 0.25) is 0 Å². The van der Waals surface area contributed by atoms with Gasteiger partial charge in [-0.2, -0.15) is 0 Å². The highest BCUT2D eigenvalue weighted by Gasteiger charge is 2.33. The Kier molecular flexibility index (Phi) is 5.11. The van der Waals surface area contributed by atoms with Crippen LogP contribution >= 0.6 is 27.5 Å². The second-order valence-electron chi connectivity index (χ2n) is 5.38. The van der Waals surface area contributed by atoms with Crippen molar-refractivity contribution < 1.29 is 14.3 Å². The lowest BCUT2D eigenvalue weighted by molar-refractivity contribution is -0.123. The molecule has 5 nitrogen and oxygen atoms in total. The number of nitrogens with one attached hydrogen (secondary N) is 1.